The van der Waals surface area contributed by atoms with E-state index in [0.29, 0.717) is 5.56 Å². The summed E-state index contributed by atoms with van der Waals surface area (Å²) >= 11 is 0. The highest BCUT2D eigenvalue weighted by Gasteiger charge is 2.46. The summed E-state index contributed by atoms with van der Waals surface area (Å²) in [6, 6.07) is 8.77. The van der Waals surface area contributed by atoms with Crippen molar-refractivity contribution < 1.29 is 33.0 Å². The van der Waals surface area contributed by atoms with Crippen LogP contribution in [0.2, 0.25) is 0 Å². The lowest BCUT2D eigenvalue weighted by Crippen LogP contribution is -2.56. The molecule has 3 N–H and O–H groups in total. The van der Waals surface area contributed by atoms with Gasteiger partial charge in [-0.1, -0.05) is 30.3 Å². The summed E-state index contributed by atoms with van der Waals surface area (Å²) in [5.74, 6) is -2.67. The normalized spacial score (nSPS) is 13.9. The van der Waals surface area contributed by atoms with E-state index in [0.717, 1.165) is 0 Å². The van der Waals surface area contributed by atoms with E-state index in [9.17, 15) is 19.3 Å². The second-order valence-corrected chi connectivity index (χ2v) is 7.44. The van der Waals surface area contributed by atoms with Gasteiger partial charge in [0, 0.05) is 0 Å². The summed E-state index contributed by atoms with van der Waals surface area (Å²) in [5, 5.41) is 9.36. The molecule has 25 heavy (non-hydrogen) atoms. The molecule has 1 aromatic rings. The van der Waals surface area contributed by atoms with Crippen molar-refractivity contribution >= 4 is 19.5 Å². The summed E-state index contributed by atoms with van der Waals surface area (Å²) in [7, 11) is -3.52. The first-order valence-electron chi connectivity index (χ1n) is 7.89. The van der Waals surface area contributed by atoms with Gasteiger partial charge in [-0.15, -0.1) is 0 Å². The maximum Gasteiger partial charge on any atom is 0.338 e. The van der Waals surface area contributed by atoms with Crippen LogP contribution in [-0.4, -0.2) is 42.0 Å². The SMILES string of the molecule is CCOP(=O)(CCC(N)(C(=O)O)C(=O)OCc1ccccc1)OCC. The number of carbonyl (C=O) groups excluding carboxylic acids is 1. The van der Waals surface area contributed by atoms with Crippen LogP contribution in [0.4, 0.5) is 0 Å². The summed E-state index contributed by atoms with van der Waals surface area (Å²) in [5.41, 5.74) is 4.10. The van der Waals surface area contributed by atoms with Crippen molar-refractivity contribution in [1.29, 1.82) is 0 Å². The highest BCUT2D eigenvalue weighted by Crippen LogP contribution is 2.49. The molecule has 0 spiro atoms. The number of esters is 1. The van der Waals surface area contributed by atoms with E-state index >= 15 is 0 Å². The number of aliphatic carboxylic acids is 1. The summed E-state index contributed by atoms with van der Waals surface area (Å²) < 4.78 is 27.6. The fourth-order valence-corrected chi connectivity index (χ4v) is 3.77. The van der Waals surface area contributed by atoms with E-state index < -0.39 is 31.5 Å². The van der Waals surface area contributed by atoms with Crippen LogP contribution >= 0.6 is 7.60 Å². The van der Waals surface area contributed by atoms with Crippen molar-refractivity contribution in [2.45, 2.75) is 32.4 Å². The van der Waals surface area contributed by atoms with Crippen LogP contribution in [0.5, 0.6) is 0 Å². The Labute approximate surface area is 146 Å². The Morgan fingerprint density at radius 1 is 1.16 bits per heavy atom. The Morgan fingerprint density at radius 3 is 2.20 bits per heavy atom. The van der Waals surface area contributed by atoms with Crippen LogP contribution in [0, 0.1) is 0 Å². The summed E-state index contributed by atoms with van der Waals surface area (Å²) in [6.07, 6.45) is -0.745. The second kappa shape index (κ2) is 9.68. The first kappa shape index (κ1) is 21.3. The third-order valence-corrected chi connectivity index (χ3v) is 5.46. The molecule has 0 aliphatic heterocycles. The molecule has 0 aliphatic carbocycles. The maximum absolute atomic E-state index is 12.4. The molecule has 0 aromatic heterocycles. The van der Waals surface area contributed by atoms with Gasteiger partial charge in [-0.3, -0.25) is 4.57 Å². The molecule has 1 unspecified atom stereocenters. The van der Waals surface area contributed by atoms with E-state index in [1.165, 1.54) is 0 Å². The Bertz CT molecular complexity index is 612. The first-order valence-corrected chi connectivity index (χ1v) is 9.61. The lowest BCUT2D eigenvalue weighted by Gasteiger charge is -2.25. The van der Waals surface area contributed by atoms with E-state index in [1.54, 1.807) is 44.2 Å². The molecule has 0 heterocycles. The van der Waals surface area contributed by atoms with E-state index in [2.05, 4.69) is 0 Å². The van der Waals surface area contributed by atoms with Gasteiger partial charge in [-0.2, -0.15) is 0 Å². The number of ether oxygens (including phenoxy) is 1. The van der Waals surface area contributed by atoms with Crippen molar-refractivity contribution in [3.8, 4) is 0 Å². The Hall–Kier alpha value is -1.73. The molecule has 0 saturated carbocycles. The predicted octanol–water partition coefficient (Wildman–Crippen LogP) is 2.17. The molecule has 9 heteroatoms. The van der Waals surface area contributed by atoms with E-state index in [1.807, 2.05) is 0 Å². The molecule has 0 bridgehead atoms. The van der Waals surface area contributed by atoms with E-state index in [4.69, 9.17) is 19.5 Å². The quantitative estimate of drug-likeness (QED) is 0.343. The van der Waals surface area contributed by atoms with Crippen molar-refractivity contribution in [1.82, 2.24) is 0 Å². The predicted molar refractivity (Wildman–Crippen MR) is 91.1 cm³/mol. The van der Waals surface area contributed by atoms with Crippen molar-refractivity contribution in [2.24, 2.45) is 5.73 Å². The van der Waals surface area contributed by atoms with Gasteiger partial charge in [0.25, 0.3) is 0 Å². The largest absolute Gasteiger partial charge is 0.479 e. The molecule has 140 valence electrons. The lowest BCUT2D eigenvalue weighted by atomic mass is 9.98. The van der Waals surface area contributed by atoms with Crippen molar-refractivity contribution in [3.05, 3.63) is 35.9 Å². The minimum absolute atomic E-state index is 0.111. The third kappa shape index (κ3) is 6.25. The molecule has 0 saturated heterocycles. The number of nitrogens with two attached hydrogens (primary N) is 1. The number of hydrogen-bond acceptors (Lipinski definition) is 7. The molecule has 1 atom stereocenters. The topological polar surface area (TPSA) is 125 Å². The monoisotopic (exact) mass is 373 g/mol. The fourth-order valence-electron chi connectivity index (χ4n) is 2.02. The molecule has 0 amide bonds. The summed E-state index contributed by atoms with van der Waals surface area (Å²) in [4.78, 5) is 23.7. The first-order chi connectivity index (χ1) is 11.8. The van der Waals surface area contributed by atoms with Gasteiger partial charge in [0.15, 0.2) is 0 Å². The highest BCUT2D eigenvalue weighted by atomic mass is 31.2. The molecule has 1 aromatic carbocycles. The molecule has 1 rings (SSSR count). The number of carboxylic acids is 1. The minimum atomic E-state index is -3.52. The van der Waals surface area contributed by atoms with Gasteiger partial charge < -0.3 is 24.6 Å². The maximum atomic E-state index is 12.4. The fraction of sp³-hybridized carbons (Fsp3) is 0.500. The number of benzene rings is 1. The van der Waals surface area contributed by atoms with Crippen molar-refractivity contribution in [3.63, 3.8) is 0 Å². The standard InChI is InChI=1S/C16H24NO7P/c1-3-23-25(21,24-4-2)11-10-16(17,14(18)19)15(20)22-12-13-8-6-5-7-9-13/h5-9H,3-4,10-12,17H2,1-2H3,(H,18,19). The average molecular weight is 373 g/mol. The Balaban J connectivity index is 2.79. The number of rotatable bonds is 11. The zero-order valence-corrected chi connectivity index (χ0v) is 15.2. The van der Waals surface area contributed by atoms with Gasteiger partial charge in [-0.25, -0.2) is 9.59 Å². The Morgan fingerprint density at radius 2 is 1.72 bits per heavy atom. The van der Waals surface area contributed by atoms with Gasteiger partial charge in [-0.05, 0) is 25.8 Å². The van der Waals surface area contributed by atoms with Crippen LogP contribution in [-0.2, 0) is 34.5 Å². The molecular formula is C16H24NO7P. The minimum Gasteiger partial charge on any atom is -0.479 e. The molecule has 0 radical (unpaired) electrons. The second-order valence-electron chi connectivity index (χ2n) is 5.26. The highest BCUT2D eigenvalue weighted by molar-refractivity contribution is 7.53. The van der Waals surface area contributed by atoms with Crippen LogP contribution in [0.25, 0.3) is 0 Å². The molecular weight excluding hydrogens is 349 g/mol. The van der Waals surface area contributed by atoms with Gasteiger partial charge >= 0.3 is 19.5 Å². The average Bonchev–Trinajstić information content (AvgIpc) is 2.58. The number of hydrogen-bond donors (Lipinski definition) is 2. The number of carboxylic acid groups (broad SMARTS) is 1. The smallest absolute Gasteiger partial charge is 0.338 e. The van der Waals surface area contributed by atoms with Crippen LogP contribution in [0.1, 0.15) is 25.8 Å². The number of carbonyl (C=O) groups is 2. The molecule has 0 aliphatic rings. The lowest BCUT2D eigenvalue weighted by molar-refractivity contribution is -0.162. The molecule has 8 nitrogen and oxygen atoms in total. The summed E-state index contributed by atoms with van der Waals surface area (Å²) in [6.45, 7) is 3.40. The molecule has 0 fully saturated rings. The van der Waals surface area contributed by atoms with Gasteiger partial charge in [0.1, 0.15) is 6.61 Å². The zero-order valence-electron chi connectivity index (χ0n) is 14.3. The van der Waals surface area contributed by atoms with Crippen molar-refractivity contribution in [2.75, 3.05) is 19.4 Å². The van der Waals surface area contributed by atoms with Crippen LogP contribution in [0.15, 0.2) is 30.3 Å². The van der Waals surface area contributed by atoms with Crippen LogP contribution < -0.4 is 5.73 Å². The Kier molecular flexibility index (Phi) is 8.25. The van der Waals surface area contributed by atoms with Gasteiger partial charge in [0.2, 0.25) is 5.54 Å². The zero-order chi connectivity index (χ0) is 18.9. The van der Waals surface area contributed by atoms with Gasteiger partial charge in [0.05, 0.1) is 19.4 Å². The van der Waals surface area contributed by atoms with Crippen LogP contribution in [0.3, 0.4) is 0 Å². The third-order valence-electron chi connectivity index (χ3n) is 3.39. The van der Waals surface area contributed by atoms with E-state index in [-0.39, 0.29) is 26.0 Å².